The van der Waals surface area contributed by atoms with Gasteiger partial charge in [-0.25, -0.2) is 4.98 Å². The Bertz CT molecular complexity index is 868. The lowest BCUT2D eigenvalue weighted by Gasteiger charge is -2.09. The first kappa shape index (κ1) is 15.2. The lowest BCUT2D eigenvalue weighted by molar-refractivity contribution is 0.174. The lowest BCUT2D eigenvalue weighted by Crippen LogP contribution is -2.17. The molecule has 0 aliphatic carbocycles. The topological polar surface area (TPSA) is 43.4 Å². The summed E-state index contributed by atoms with van der Waals surface area (Å²) < 4.78 is 10.8. The molecule has 1 aliphatic heterocycles. The Balaban J connectivity index is 1.46. The molecular formula is C19H17ClN2O2. The third-order valence-electron chi connectivity index (χ3n) is 4.08. The van der Waals surface area contributed by atoms with Crippen LogP contribution in [0.3, 0.4) is 0 Å². The van der Waals surface area contributed by atoms with Crippen LogP contribution >= 0.6 is 11.6 Å². The number of fused-ring (bicyclic) bond motifs is 2. The van der Waals surface area contributed by atoms with Crippen molar-refractivity contribution in [2.45, 2.75) is 13.0 Å². The number of hydrogen-bond donors (Lipinski definition) is 1. The van der Waals surface area contributed by atoms with Crippen molar-refractivity contribution in [3.63, 3.8) is 0 Å². The molecule has 2 heterocycles. The minimum absolute atomic E-state index is 0.257. The third kappa shape index (κ3) is 3.16. The predicted molar refractivity (Wildman–Crippen MR) is 94.7 cm³/mol. The summed E-state index contributed by atoms with van der Waals surface area (Å²) in [6.45, 7) is 1.83. The molecule has 122 valence electrons. The number of rotatable bonds is 5. The van der Waals surface area contributed by atoms with Gasteiger partial charge in [0.05, 0.1) is 5.52 Å². The number of benzene rings is 2. The van der Waals surface area contributed by atoms with Gasteiger partial charge in [0, 0.05) is 23.6 Å². The highest BCUT2D eigenvalue weighted by Gasteiger charge is 2.15. The standard InChI is InChI=1S/C19H17ClN2O2/c20-19-15(11-21-7-6-13-4-2-1-3-5-13)8-14-9-17-18(24-12-23-17)10-16(14)22-19/h1-5,8-10,21H,6-7,11-12H2. The maximum absolute atomic E-state index is 6.33. The van der Waals surface area contributed by atoms with Crippen molar-refractivity contribution in [1.29, 1.82) is 0 Å². The molecule has 1 aromatic heterocycles. The van der Waals surface area contributed by atoms with E-state index in [1.165, 1.54) is 5.56 Å². The first-order chi connectivity index (χ1) is 11.8. The van der Waals surface area contributed by atoms with Crippen LogP contribution in [0.2, 0.25) is 5.15 Å². The van der Waals surface area contributed by atoms with Crippen LogP contribution in [0.25, 0.3) is 10.9 Å². The highest BCUT2D eigenvalue weighted by atomic mass is 35.5. The van der Waals surface area contributed by atoms with Gasteiger partial charge in [-0.15, -0.1) is 0 Å². The van der Waals surface area contributed by atoms with Crippen LogP contribution in [0.4, 0.5) is 0 Å². The molecule has 0 saturated carbocycles. The molecule has 0 bridgehead atoms. The van der Waals surface area contributed by atoms with E-state index in [1.807, 2.05) is 18.2 Å². The number of nitrogens with one attached hydrogen (secondary N) is 1. The summed E-state index contributed by atoms with van der Waals surface area (Å²) in [6, 6.07) is 16.3. The minimum Gasteiger partial charge on any atom is -0.454 e. The SMILES string of the molecule is Clc1nc2cc3c(cc2cc1CNCCc1ccccc1)OCO3. The summed E-state index contributed by atoms with van der Waals surface area (Å²) in [7, 11) is 0. The smallest absolute Gasteiger partial charge is 0.231 e. The van der Waals surface area contributed by atoms with Gasteiger partial charge in [0.25, 0.3) is 0 Å². The lowest BCUT2D eigenvalue weighted by atomic mass is 10.1. The Hall–Kier alpha value is -2.30. The van der Waals surface area contributed by atoms with Gasteiger partial charge >= 0.3 is 0 Å². The molecule has 24 heavy (non-hydrogen) atoms. The van der Waals surface area contributed by atoms with Gasteiger partial charge in [-0.05, 0) is 30.7 Å². The molecular weight excluding hydrogens is 324 g/mol. The molecule has 4 nitrogen and oxygen atoms in total. The average molecular weight is 341 g/mol. The Morgan fingerprint density at radius 3 is 2.67 bits per heavy atom. The van der Waals surface area contributed by atoms with Gasteiger partial charge in [-0.2, -0.15) is 0 Å². The largest absolute Gasteiger partial charge is 0.454 e. The van der Waals surface area contributed by atoms with E-state index in [0.29, 0.717) is 11.7 Å². The van der Waals surface area contributed by atoms with E-state index in [2.05, 4.69) is 40.6 Å². The van der Waals surface area contributed by atoms with Crippen molar-refractivity contribution in [2.24, 2.45) is 0 Å². The zero-order chi connectivity index (χ0) is 16.4. The Morgan fingerprint density at radius 1 is 1.04 bits per heavy atom. The number of hydrogen-bond acceptors (Lipinski definition) is 4. The molecule has 0 amide bonds. The second kappa shape index (κ2) is 6.67. The van der Waals surface area contributed by atoms with Gasteiger partial charge in [-0.1, -0.05) is 41.9 Å². The third-order valence-corrected chi connectivity index (χ3v) is 4.41. The van der Waals surface area contributed by atoms with Gasteiger partial charge in [0.15, 0.2) is 11.5 Å². The van der Waals surface area contributed by atoms with Crippen LogP contribution < -0.4 is 14.8 Å². The molecule has 1 N–H and O–H groups in total. The number of aromatic nitrogens is 1. The Kier molecular flexibility index (Phi) is 4.24. The van der Waals surface area contributed by atoms with Gasteiger partial charge < -0.3 is 14.8 Å². The van der Waals surface area contributed by atoms with Crippen molar-refractivity contribution >= 4 is 22.5 Å². The minimum atomic E-state index is 0.257. The van der Waals surface area contributed by atoms with Crippen molar-refractivity contribution in [3.8, 4) is 11.5 Å². The van der Waals surface area contributed by atoms with Gasteiger partial charge in [-0.3, -0.25) is 0 Å². The molecule has 0 saturated heterocycles. The summed E-state index contributed by atoms with van der Waals surface area (Å²) >= 11 is 6.33. The molecule has 5 heteroatoms. The molecule has 0 atom stereocenters. The summed E-state index contributed by atoms with van der Waals surface area (Å²) in [5.41, 5.74) is 3.12. The second-order valence-electron chi connectivity index (χ2n) is 5.75. The van der Waals surface area contributed by atoms with Crippen LogP contribution in [0.1, 0.15) is 11.1 Å². The molecule has 3 aromatic rings. The number of halogens is 1. The summed E-state index contributed by atoms with van der Waals surface area (Å²) in [5.74, 6) is 1.48. The van der Waals surface area contributed by atoms with E-state index in [-0.39, 0.29) is 6.79 Å². The Morgan fingerprint density at radius 2 is 1.83 bits per heavy atom. The van der Waals surface area contributed by atoms with E-state index in [1.54, 1.807) is 0 Å². The molecule has 4 rings (SSSR count). The second-order valence-corrected chi connectivity index (χ2v) is 6.11. The maximum atomic E-state index is 6.33. The van der Waals surface area contributed by atoms with Crippen molar-refractivity contribution in [3.05, 3.63) is 64.8 Å². The molecule has 0 spiro atoms. The molecule has 0 radical (unpaired) electrons. The molecule has 2 aromatic carbocycles. The van der Waals surface area contributed by atoms with Gasteiger partial charge in [0.1, 0.15) is 5.15 Å². The normalized spacial score (nSPS) is 12.7. The van der Waals surface area contributed by atoms with Crippen LogP contribution in [0.15, 0.2) is 48.5 Å². The van der Waals surface area contributed by atoms with E-state index in [4.69, 9.17) is 21.1 Å². The quantitative estimate of drug-likeness (QED) is 0.564. The van der Waals surface area contributed by atoms with Gasteiger partial charge in [0.2, 0.25) is 6.79 Å². The Labute approximate surface area is 145 Å². The van der Waals surface area contributed by atoms with Crippen LogP contribution in [-0.4, -0.2) is 18.3 Å². The summed E-state index contributed by atoms with van der Waals surface area (Å²) in [5, 5.41) is 4.95. The molecule has 0 fully saturated rings. The van der Waals surface area contributed by atoms with E-state index in [0.717, 1.165) is 40.9 Å². The highest BCUT2D eigenvalue weighted by molar-refractivity contribution is 6.30. The zero-order valence-electron chi connectivity index (χ0n) is 13.1. The molecule has 0 unspecified atom stereocenters. The average Bonchev–Trinajstić information content (AvgIpc) is 3.05. The van der Waals surface area contributed by atoms with Crippen LogP contribution in [0.5, 0.6) is 11.5 Å². The summed E-state index contributed by atoms with van der Waals surface area (Å²) in [6.07, 6.45) is 0.984. The van der Waals surface area contributed by atoms with E-state index < -0.39 is 0 Å². The fourth-order valence-electron chi connectivity index (χ4n) is 2.81. The van der Waals surface area contributed by atoms with E-state index in [9.17, 15) is 0 Å². The first-order valence-corrected chi connectivity index (χ1v) is 8.31. The highest BCUT2D eigenvalue weighted by Crippen LogP contribution is 2.36. The zero-order valence-corrected chi connectivity index (χ0v) is 13.8. The van der Waals surface area contributed by atoms with Crippen molar-refractivity contribution in [1.82, 2.24) is 10.3 Å². The van der Waals surface area contributed by atoms with Crippen LogP contribution in [-0.2, 0) is 13.0 Å². The van der Waals surface area contributed by atoms with Crippen LogP contribution in [0, 0.1) is 0 Å². The number of pyridine rings is 1. The maximum Gasteiger partial charge on any atom is 0.231 e. The number of ether oxygens (including phenoxy) is 2. The fourth-order valence-corrected chi connectivity index (χ4v) is 3.02. The van der Waals surface area contributed by atoms with Crippen molar-refractivity contribution < 1.29 is 9.47 Å². The first-order valence-electron chi connectivity index (χ1n) is 7.93. The molecule has 1 aliphatic rings. The predicted octanol–water partition coefficient (Wildman–Crippen LogP) is 3.95. The summed E-state index contributed by atoms with van der Waals surface area (Å²) in [4.78, 5) is 4.48. The van der Waals surface area contributed by atoms with E-state index >= 15 is 0 Å². The number of nitrogens with zero attached hydrogens (tertiary/aromatic N) is 1. The monoisotopic (exact) mass is 340 g/mol. The van der Waals surface area contributed by atoms with Crippen molar-refractivity contribution in [2.75, 3.05) is 13.3 Å². The fraction of sp³-hybridized carbons (Fsp3) is 0.211.